The van der Waals surface area contributed by atoms with Gasteiger partial charge in [0.25, 0.3) is 10.0 Å². The minimum absolute atomic E-state index is 0.171. The molecule has 3 rings (SSSR count). The van der Waals surface area contributed by atoms with Crippen molar-refractivity contribution in [3.05, 3.63) is 28.3 Å². The van der Waals surface area contributed by atoms with E-state index in [0.29, 0.717) is 29.3 Å². The van der Waals surface area contributed by atoms with Crippen LogP contribution < -0.4 is 5.32 Å². The molecule has 2 aromatic heterocycles. The van der Waals surface area contributed by atoms with Crippen LogP contribution in [0.2, 0.25) is 0 Å². The molecule has 2 aromatic rings. The largest absolute Gasteiger partial charge is 0.323 e. The molecule has 1 aliphatic heterocycles. The van der Waals surface area contributed by atoms with Gasteiger partial charge in [0, 0.05) is 19.3 Å². The molecule has 1 unspecified atom stereocenters. The van der Waals surface area contributed by atoms with Crippen LogP contribution >= 0.6 is 27.3 Å². The summed E-state index contributed by atoms with van der Waals surface area (Å²) in [4.78, 5) is 12.7. The fourth-order valence-corrected chi connectivity index (χ4v) is 6.62. The molecule has 0 bridgehead atoms. The van der Waals surface area contributed by atoms with E-state index in [2.05, 4.69) is 26.3 Å². The van der Waals surface area contributed by atoms with Gasteiger partial charge in [-0.1, -0.05) is 0 Å². The van der Waals surface area contributed by atoms with E-state index in [1.165, 1.54) is 15.6 Å². The normalized spacial score (nSPS) is 19.2. The van der Waals surface area contributed by atoms with E-state index in [4.69, 9.17) is 0 Å². The lowest BCUT2D eigenvalue weighted by molar-refractivity contribution is -0.120. The highest BCUT2D eigenvalue weighted by molar-refractivity contribution is 9.11. The van der Waals surface area contributed by atoms with Crippen molar-refractivity contribution < 1.29 is 13.2 Å². The lowest BCUT2D eigenvalue weighted by atomic mass is 9.99. The van der Waals surface area contributed by atoms with Crippen LogP contribution in [0.15, 0.2) is 32.5 Å². The van der Waals surface area contributed by atoms with Gasteiger partial charge in [0.15, 0.2) is 0 Å². The van der Waals surface area contributed by atoms with Crippen molar-refractivity contribution in [2.24, 2.45) is 5.92 Å². The average Bonchev–Trinajstić information content (AvgIpc) is 3.24. The number of hydrogen-bond donors (Lipinski definition) is 1. The number of nitrogens with one attached hydrogen (secondary N) is 1. The Balaban J connectivity index is 1.69. The maximum absolute atomic E-state index is 12.8. The first-order valence-electron chi connectivity index (χ1n) is 8.69. The average molecular weight is 475 g/mol. The molecular formula is C17H23BrN4O3S2. The molecule has 0 aliphatic carbocycles. The Morgan fingerprint density at radius 2 is 2.11 bits per heavy atom. The molecule has 1 amide bonds. The van der Waals surface area contributed by atoms with Gasteiger partial charge in [-0.15, -0.1) is 11.3 Å². The summed E-state index contributed by atoms with van der Waals surface area (Å²) in [5.41, 5.74) is 0.449. The number of sulfonamides is 1. The number of thiophene rings is 1. The van der Waals surface area contributed by atoms with Crippen molar-refractivity contribution in [2.75, 3.05) is 18.4 Å². The molecule has 1 aliphatic rings. The SMILES string of the molecule is CC(C)(C)n1cc(NC(=O)C2CCCN(S(=O)(=O)c3ccc(Br)s3)C2)cn1. The van der Waals surface area contributed by atoms with Crippen molar-refractivity contribution in [1.82, 2.24) is 14.1 Å². The lowest BCUT2D eigenvalue weighted by Gasteiger charge is -2.30. The van der Waals surface area contributed by atoms with Crippen molar-refractivity contribution >= 4 is 48.9 Å². The fraction of sp³-hybridized carbons (Fsp3) is 0.529. The first kappa shape index (κ1) is 20.5. The van der Waals surface area contributed by atoms with E-state index >= 15 is 0 Å². The number of anilines is 1. The Hall–Kier alpha value is -1.23. The van der Waals surface area contributed by atoms with Crippen molar-refractivity contribution in [3.8, 4) is 0 Å². The molecule has 1 atom stereocenters. The Morgan fingerprint density at radius 3 is 2.70 bits per heavy atom. The number of rotatable bonds is 4. The Bertz CT molecular complexity index is 930. The van der Waals surface area contributed by atoms with Crippen LogP contribution in [0.5, 0.6) is 0 Å². The van der Waals surface area contributed by atoms with Gasteiger partial charge in [-0.25, -0.2) is 8.42 Å². The van der Waals surface area contributed by atoms with Gasteiger partial charge in [0.2, 0.25) is 5.91 Å². The Morgan fingerprint density at radius 1 is 1.37 bits per heavy atom. The summed E-state index contributed by atoms with van der Waals surface area (Å²) in [7, 11) is -3.57. The summed E-state index contributed by atoms with van der Waals surface area (Å²) in [6, 6.07) is 3.31. The van der Waals surface area contributed by atoms with Crippen LogP contribution in [0, 0.1) is 5.92 Å². The number of halogens is 1. The monoisotopic (exact) mass is 474 g/mol. The Labute approximate surface area is 171 Å². The topological polar surface area (TPSA) is 84.3 Å². The zero-order valence-electron chi connectivity index (χ0n) is 15.5. The number of nitrogens with zero attached hydrogens (tertiary/aromatic N) is 3. The molecule has 3 heterocycles. The number of amides is 1. The molecule has 7 nitrogen and oxygen atoms in total. The van der Waals surface area contributed by atoms with E-state index in [-0.39, 0.29) is 23.9 Å². The molecular weight excluding hydrogens is 452 g/mol. The van der Waals surface area contributed by atoms with Gasteiger partial charge in [-0.2, -0.15) is 9.40 Å². The standard InChI is InChI=1S/C17H23BrN4O3S2/c1-17(2,3)22-11-13(9-19-22)20-16(23)12-5-4-8-21(10-12)27(24,25)15-7-6-14(18)26-15/h6-7,9,11-12H,4-5,8,10H2,1-3H3,(H,20,23). The molecule has 10 heteroatoms. The number of carbonyl (C=O) groups is 1. The summed E-state index contributed by atoms with van der Waals surface area (Å²) in [6.45, 7) is 6.70. The second-order valence-corrected chi connectivity index (χ2v) is 12.2. The van der Waals surface area contributed by atoms with Crippen LogP contribution in [0.25, 0.3) is 0 Å². The summed E-state index contributed by atoms with van der Waals surface area (Å²) < 4.78 is 29.9. The summed E-state index contributed by atoms with van der Waals surface area (Å²) >= 11 is 4.48. The third kappa shape index (κ3) is 4.61. The van der Waals surface area contributed by atoms with Crippen LogP contribution in [-0.4, -0.2) is 41.5 Å². The first-order valence-corrected chi connectivity index (χ1v) is 11.7. The highest BCUT2D eigenvalue weighted by Crippen LogP contribution is 2.31. The van der Waals surface area contributed by atoms with E-state index in [0.717, 1.165) is 3.79 Å². The maximum Gasteiger partial charge on any atom is 0.252 e. The molecule has 1 fully saturated rings. The van der Waals surface area contributed by atoms with Crippen LogP contribution in [-0.2, 0) is 20.4 Å². The quantitative estimate of drug-likeness (QED) is 0.734. The molecule has 1 saturated heterocycles. The summed E-state index contributed by atoms with van der Waals surface area (Å²) in [6.07, 6.45) is 4.73. The van der Waals surface area contributed by atoms with Gasteiger partial charge in [0.05, 0.1) is 27.1 Å². The second kappa shape index (κ2) is 7.65. The first-order chi connectivity index (χ1) is 12.6. The zero-order valence-corrected chi connectivity index (χ0v) is 18.7. The smallest absolute Gasteiger partial charge is 0.252 e. The number of carbonyl (C=O) groups excluding carboxylic acids is 1. The minimum atomic E-state index is -3.57. The number of piperidine rings is 1. The molecule has 0 aromatic carbocycles. The van der Waals surface area contributed by atoms with Gasteiger partial charge in [-0.05, 0) is 61.7 Å². The van der Waals surface area contributed by atoms with Crippen molar-refractivity contribution in [1.29, 1.82) is 0 Å². The third-order valence-electron chi connectivity index (χ3n) is 4.44. The number of aromatic nitrogens is 2. The van der Waals surface area contributed by atoms with Gasteiger partial charge < -0.3 is 5.32 Å². The van der Waals surface area contributed by atoms with Crippen molar-refractivity contribution in [3.63, 3.8) is 0 Å². The fourth-order valence-electron chi connectivity index (χ4n) is 2.94. The van der Waals surface area contributed by atoms with E-state index in [1.807, 2.05) is 20.8 Å². The number of hydrogen-bond acceptors (Lipinski definition) is 5. The molecule has 148 valence electrons. The van der Waals surface area contributed by atoms with E-state index < -0.39 is 10.0 Å². The van der Waals surface area contributed by atoms with Gasteiger partial charge in [0.1, 0.15) is 4.21 Å². The Kier molecular flexibility index (Phi) is 5.81. The van der Waals surface area contributed by atoms with Crippen LogP contribution in [0.4, 0.5) is 5.69 Å². The highest BCUT2D eigenvalue weighted by atomic mass is 79.9. The van der Waals surface area contributed by atoms with Crippen LogP contribution in [0.1, 0.15) is 33.6 Å². The zero-order chi connectivity index (χ0) is 19.8. The summed E-state index contributed by atoms with van der Waals surface area (Å²) in [5, 5.41) is 7.15. The predicted octanol–water partition coefficient (Wildman–Crippen LogP) is 3.50. The maximum atomic E-state index is 12.8. The van der Waals surface area contributed by atoms with E-state index in [1.54, 1.807) is 29.2 Å². The molecule has 27 heavy (non-hydrogen) atoms. The third-order valence-corrected chi connectivity index (χ3v) is 8.39. The molecule has 0 saturated carbocycles. The summed E-state index contributed by atoms with van der Waals surface area (Å²) in [5.74, 6) is -0.550. The second-order valence-electron chi connectivity index (χ2n) is 7.59. The van der Waals surface area contributed by atoms with Gasteiger partial charge >= 0.3 is 0 Å². The van der Waals surface area contributed by atoms with Gasteiger partial charge in [-0.3, -0.25) is 9.48 Å². The molecule has 0 radical (unpaired) electrons. The molecule has 0 spiro atoms. The molecule has 1 N–H and O–H groups in total. The van der Waals surface area contributed by atoms with Crippen LogP contribution in [0.3, 0.4) is 0 Å². The van der Waals surface area contributed by atoms with Crippen molar-refractivity contribution in [2.45, 2.75) is 43.4 Å². The predicted molar refractivity (Wildman–Crippen MR) is 109 cm³/mol. The van der Waals surface area contributed by atoms with E-state index in [9.17, 15) is 13.2 Å². The highest BCUT2D eigenvalue weighted by Gasteiger charge is 2.34. The lowest BCUT2D eigenvalue weighted by Crippen LogP contribution is -2.43. The minimum Gasteiger partial charge on any atom is -0.323 e.